The molecule has 0 spiro atoms. The maximum Gasteiger partial charge on any atom is 0.179 e. The summed E-state index contributed by atoms with van der Waals surface area (Å²) in [6, 6.07) is 5.67. The molecule has 0 N–H and O–H groups in total. The van der Waals surface area contributed by atoms with Crippen LogP contribution in [0.4, 0.5) is 4.39 Å². The molecule has 0 aliphatic carbocycles. The smallest absolute Gasteiger partial charge is 0.179 e. The number of likely N-dealkylation sites (N-methyl/N-ethyl adjacent to an activating group) is 1. The van der Waals surface area contributed by atoms with Crippen molar-refractivity contribution in [3.8, 4) is 0 Å². The summed E-state index contributed by atoms with van der Waals surface area (Å²) in [5.41, 5.74) is 0.0511. The zero-order valence-electron chi connectivity index (χ0n) is 10.7. The fraction of sp³-hybridized carbons (Fsp3) is 0.462. The van der Waals surface area contributed by atoms with Crippen LogP contribution in [0, 0.1) is 5.82 Å². The van der Waals surface area contributed by atoms with Gasteiger partial charge >= 0.3 is 0 Å². The number of sulfone groups is 1. The third-order valence-corrected chi connectivity index (χ3v) is 5.15. The van der Waals surface area contributed by atoms with Crippen molar-refractivity contribution in [1.29, 1.82) is 0 Å². The molecule has 6 heteroatoms. The number of nitrogens with zero attached hydrogens (tertiary/aromatic N) is 1. The highest BCUT2D eigenvalue weighted by Crippen LogP contribution is 2.17. The molecule has 4 nitrogen and oxygen atoms in total. The van der Waals surface area contributed by atoms with E-state index in [-0.39, 0.29) is 35.4 Å². The molecule has 0 bridgehead atoms. The molecule has 0 amide bonds. The molecule has 0 saturated carbocycles. The van der Waals surface area contributed by atoms with Gasteiger partial charge in [-0.1, -0.05) is 12.1 Å². The molecular weight excluding hydrogens is 269 g/mol. The molecule has 0 aromatic heterocycles. The van der Waals surface area contributed by atoms with Gasteiger partial charge in [-0.2, -0.15) is 0 Å². The van der Waals surface area contributed by atoms with Crippen molar-refractivity contribution in [3.63, 3.8) is 0 Å². The van der Waals surface area contributed by atoms with Gasteiger partial charge in [0.1, 0.15) is 5.82 Å². The molecule has 1 heterocycles. The van der Waals surface area contributed by atoms with Crippen LogP contribution in [0.2, 0.25) is 0 Å². The van der Waals surface area contributed by atoms with Crippen LogP contribution in [-0.2, 0) is 9.84 Å². The highest BCUT2D eigenvalue weighted by Gasteiger charge is 2.31. The van der Waals surface area contributed by atoms with Crippen molar-refractivity contribution in [2.75, 3.05) is 25.1 Å². The summed E-state index contributed by atoms with van der Waals surface area (Å²) in [6.45, 7) is 0.0289. The van der Waals surface area contributed by atoms with Crippen LogP contribution in [0.25, 0.3) is 0 Å². The fourth-order valence-corrected chi connectivity index (χ4v) is 4.06. The van der Waals surface area contributed by atoms with Crippen LogP contribution in [-0.4, -0.2) is 50.2 Å². The summed E-state index contributed by atoms with van der Waals surface area (Å²) in [5.74, 6) is -0.630. The number of rotatable bonds is 4. The molecule has 1 atom stereocenters. The lowest BCUT2D eigenvalue weighted by molar-refractivity contribution is 0.0922. The number of benzene rings is 1. The van der Waals surface area contributed by atoms with E-state index in [0.717, 1.165) is 0 Å². The van der Waals surface area contributed by atoms with Crippen LogP contribution in [0.15, 0.2) is 24.3 Å². The number of halogens is 1. The first kappa shape index (κ1) is 14.1. The standard InChI is InChI=1S/C13H16FNO3S/c1-15(10-6-7-19(17,18)9-10)8-13(16)11-4-2-3-5-12(11)14/h2-5,10H,6-9H2,1H3. The topological polar surface area (TPSA) is 54.5 Å². The third-order valence-electron chi connectivity index (χ3n) is 3.40. The molecule has 104 valence electrons. The Labute approximate surface area is 112 Å². The van der Waals surface area contributed by atoms with E-state index in [1.165, 1.54) is 18.2 Å². The van der Waals surface area contributed by atoms with Crippen molar-refractivity contribution < 1.29 is 17.6 Å². The summed E-state index contributed by atoms with van der Waals surface area (Å²) in [4.78, 5) is 13.7. The number of carbonyl (C=O) groups is 1. The van der Waals surface area contributed by atoms with E-state index >= 15 is 0 Å². The number of hydrogen-bond acceptors (Lipinski definition) is 4. The first-order chi connectivity index (χ1) is 8.89. The molecule has 1 saturated heterocycles. The van der Waals surface area contributed by atoms with Crippen LogP contribution in [0.5, 0.6) is 0 Å². The Morgan fingerprint density at radius 1 is 1.42 bits per heavy atom. The van der Waals surface area contributed by atoms with Crippen LogP contribution < -0.4 is 0 Å². The molecule has 1 aliphatic rings. The van der Waals surface area contributed by atoms with Gasteiger partial charge in [0, 0.05) is 6.04 Å². The van der Waals surface area contributed by atoms with E-state index in [9.17, 15) is 17.6 Å². The Kier molecular flexibility index (Phi) is 4.01. The van der Waals surface area contributed by atoms with E-state index in [0.29, 0.717) is 6.42 Å². The van der Waals surface area contributed by atoms with Crippen LogP contribution >= 0.6 is 0 Å². The van der Waals surface area contributed by atoms with E-state index in [1.807, 2.05) is 0 Å². The van der Waals surface area contributed by atoms with Crippen molar-refractivity contribution >= 4 is 15.6 Å². The van der Waals surface area contributed by atoms with Gasteiger partial charge in [0.15, 0.2) is 15.6 Å². The quantitative estimate of drug-likeness (QED) is 0.778. The Balaban J connectivity index is 2.02. The van der Waals surface area contributed by atoms with Gasteiger partial charge in [-0.15, -0.1) is 0 Å². The second-order valence-corrected chi connectivity index (χ2v) is 7.10. The van der Waals surface area contributed by atoms with E-state index < -0.39 is 15.7 Å². The Morgan fingerprint density at radius 2 is 2.11 bits per heavy atom. The van der Waals surface area contributed by atoms with Crippen molar-refractivity contribution in [2.24, 2.45) is 0 Å². The summed E-state index contributed by atoms with van der Waals surface area (Å²) >= 11 is 0. The number of carbonyl (C=O) groups excluding carboxylic acids is 1. The minimum absolute atomic E-state index is 0.0289. The van der Waals surface area contributed by atoms with E-state index in [2.05, 4.69) is 0 Å². The maximum atomic E-state index is 13.5. The molecule has 19 heavy (non-hydrogen) atoms. The second-order valence-electron chi connectivity index (χ2n) is 4.87. The molecule has 1 aromatic rings. The number of hydrogen-bond donors (Lipinski definition) is 0. The average molecular weight is 285 g/mol. The van der Waals surface area contributed by atoms with Crippen molar-refractivity contribution in [3.05, 3.63) is 35.6 Å². The van der Waals surface area contributed by atoms with E-state index in [4.69, 9.17) is 0 Å². The van der Waals surface area contributed by atoms with Crippen molar-refractivity contribution in [1.82, 2.24) is 4.90 Å². The Hall–Kier alpha value is -1.27. The number of ketones is 1. The lowest BCUT2D eigenvalue weighted by Crippen LogP contribution is -2.36. The highest BCUT2D eigenvalue weighted by atomic mass is 32.2. The largest absolute Gasteiger partial charge is 0.295 e. The molecule has 2 rings (SSSR count). The maximum absolute atomic E-state index is 13.5. The van der Waals surface area contributed by atoms with Crippen LogP contribution in [0.3, 0.4) is 0 Å². The predicted octanol–water partition coefficient (Wildman–Crippen LogP) is 1.13. The third kappa shape index (κ3) is 3.39. The molecule has 1 aromatic carbocycles. The zero-order valence-corrected chi connectivity index (χ0v) is 11.5. The molecule has 0 radical (unpaired) electrons. The summed E-state index contributed by atoms with van der Waals surface area (Å²) in [5, 5.41) is 0. The summed E-state index contributed by atoms with van der Waals surface area (Å²) < 4.78 is 36.2. The Bertz CT molecular complexity index is 585. The number of Topliss-reactive ketones (excluding diaryl/α,β-unsaturated/α-hetero) is 1. The predicted molar refractivity (Wildman–Crippen MR) is 70.4 cm³/mol. The van der Waals surface area contributed by atoms with Gasteiger partial charge < -0.3 is 0 Å². The van der Waals surface area contributed by atoms with Gasteiger partial charge in [-0.05, 0) is 25.6 Å². The monoisotopic (exact) mass is 285 g/mol. The SMILES string of the molecule is CN(CC(=O)c1ccccc1F)C1CCS(=O)(=O)C1. The molecular formula is C13H16FNO3S. The zero-order chi connectivity index (χ0) is 14.0. The van der Waals surface area contributed by atoms with Crippen LogP contribution in [0.1, 0.15) is 16.8 Å². The van der Waals surface area contributed by atoms with Gasteiger partial charge in [0.2, 0.25) is 0 Å². The molecule has 1 aliphatic heterocycles. The normalized spacial score (nSPS) is 21.7. The highest BCUT2D eigenvalue weighted by molar-refractivity contribution is 7.91. The minimum atomic E-state index is -2.98. The van der Waals surface area contributed by atoms with Crippen molar-refractivity contribution in [2.45, 2.75) is 12.5 Å². The van der Waals surface area contributed by atoms with Gasteiger partial charge in [-0.3, -0.25) is 9.69 Å². The van der Waals surface area contributed by atoms with E-state index in [1.54, 1.807) is 18.0 Å². The molecule has 1 fully saturated rings. The molecule has 1 unspecified atom stereocenters. The van der Waals surface area contributed by atoms with Gasteiger partial charge in [-0.25, -0.2) is 12.8 Å². The lowest BCUT2D eigenvalue weighted by Gasteiger charge is -2.22. The average Bonchev–Trinajstić information content (AvgIpc) is 2.70. The van der Waals surface area contributed by atoms with Gasteiger partial charge in [0.05, 0.1) is 23.6 Å². The summed E-state index contributed by atoms with van der Waals surface area (Å²) in [6.07, 6.45) is 0.531. The Morgan fingerprint density at radius 3 is 2.68 bits per heavy atom. The first-order valence-corrected chi connectivity index (χ1v) is 7.89. The van der Waals surface area contributed by atoms with Gasteiger partial charge in [0.25, 0.3) is 0 Å². The summed E-state index contributed by atoms with van der Waals surface area (Å²) in [7, 11) is -1.28. The first-order valence-electron chi connectivity index (χ1n) is 6.07. The lowest BCUT2D eigenvalue weighted by atomic mass is 10.1. The minimum Gasteiger partial charge on any atom is -0.295 e. The fourth-order valence-electron chi connectivity index (χ4n) is 2.25. The second kappa shape index (κ2) is 5.38.